The van der Waals surface area contributed by atoms with Gasteiger partial charge >= 0.3 is 0 Å². The SMILES string of the molecule is COc1cccc(OCc2csc(C(=O)Nc3ccc(C)c(F)c3)c2)c1. The molecule has 0 aliphatic heterocycles. The molecule has 1 amide bonds. The number of ether oxygens (including phenoxy) is 2. The van der Waals surface area contributed by atoms with Crippen LogP contribution in [-0.4, -0.2) is 13.0 Å². The molecule has 0 bridgehead atoms. The Kier molecular flexibility index (Phi) is 5.53. The lowest BCUT2D eigenvalue weighted by Crippen LogP contribution is -2.10. The Morgan fingerprint density at radius 2 is 1.96 bits per heavy atom. The number of thiophene rings is 1. The summed E-state index contributed by atoms with van der Waals surface area (Å²) in [6.07, 6.45) is 0. The van der Waals surface area contributed by atoms with Crippen LogP contribution in [0.2, 0.25) is 0 Å². The van der Waals surface area contributed by atoms with Gasteiger partial charge in [-0.1, -0.05) is 12.1 Å². The molecular weight excluding hydrogens is 353 g/mol. The molecule has 3 rings (SSSR count). The fraction of sp³-hybridized carbons (Fsp3) is 0.150. The van der Waals surface area contributed by atoms with Crippen LogP contribution in [0.4, 0.5) is 10.1 Å². The molecule has 1 heterocycles. The van der Waals surface area contributed by atoms with Crippen LogP contribution in [0.15, 0.2) is 53.9 Å². The molecule has 0 radical (unpaired) electrons. The van der Waals surface area contributed by atoms with E-state index in [-0.39, 0.29) is 11.7 Å². The molecule has 1 N–H and O–H groups in total. The summed E-state index contributed by atoms with van der Waals surface area (Å²) < 4.78 is 24.5. The van der Waals surface area contributed by atoms with Crippen molar-refractivity contribution in [3.05, 3.63) is 75.7 Å². The largest absolute Gasteiger partial charge is 0.497 e. The van der Waals surface area contributed by atoms with Crippen LogP contribution >= 0.6 is 11.3 Å². The summed E-state index contributed by atoms with van der Waals surface area (Å²) in [7, 11) is 1.60. The Morgan fingerprint density at radius 3 is 2.73 bits per heavy atom. The van der Waals surface area contributed by atoms with E-state index in [0.29, 0.717) is 28.5 Å². The van der Waals surface area contributed by atoms with Crippen LogP contribution in [0.3, 0.4) is 0 Å². The number of carbonyl (C=O) groups excluding carboxylic acids is 1. The van der Waals surface area contributed by atoms with Gasteiger partial charge in [-0.05, 0) is 48.2 Å². The van der Waals surface area contributed by atoms with Crippen molar-refractivity contribution in [1.29, 1.82) is 0 Å². The fourth-order valence-corrected chi connectivity index (χ4v) is 3.08. The first kappa shape index (κ1) is 17.9. The summed E-state index contributed by atoms with van der Waals surface area (Å²) in [4.78, 5) is 12.8. The molecule has 0 saturated heterocycles. The van der Waals surface area contributed by atoms with E-state index >= 15 is 0 Å². The van der Waals surface area contributed by atoms with Gasteiger partial charge in [0.15, 0.2) is 0 Å². The molecular formula is C20H18FNO3S. The van der Waals surface area contributed by atoms with E-state index in [2.05, 4.69) is 5.32 Å². The van der Waals surface area contributed by atoms with Crippen LogP contribution in [0.1, 0.15) is 20.8 Å². The average molecular weight is 371 g/mol. The predicted octanol–water partition coefficient (Wildman–Crippen LogP) is 5.04. The Labute approximate surface area is 155 Å². The summed E-state index contributed by atoms with van der Waals surface area (Å²) in [6.45, 7) is 2.02. The van der Waals surface area contributed by atoms with Gasteiger partial charge in [-0.2, -0.15) is 0 Å². The van der Waals surface area contributed by atoms with Crippen molar-refractivity contribution in [2.75, 3.05) is 12.4 Å². The first-order valence-electron chi connectivity index (χ1n) is 7.97. The topological polar surface area (TPSA) is 47.6 Å². The number of halogens is 1. The zero-order valence-electron chi connectivity index (χ0n) is 14.4. The van der Waals surface area contributed by atoms with Crippen molar-refractivity contribution in [2.24, 2.45) is 0 Å². The Bertz CT molecular complexity index is 923. The average Bonchev–Trinajstić information content (AvgIpc) is 3.12. The van der Waals surface area contributed by atoms with Gasteiger partial charge in [0, 0.05) is 17.3 Å². The maximum absolute atomic E-state index is 13.6. The lowest BCUT2D eigenvalue weighted by molar-refractivity contribution is 0.103. The number of benzene rings is 2. The fourth-order valence-electron chi connectivity index (χ4n) is 2.29. The maximum Gasteiger partial charge on any atom is 0.265 e. The lowest BCUT2D eigenvalue weighted by atomic mass is 10.2. The highest BCUT2D eigenvalue weighted by molar-refractivity contribution is 7.12. The third-order valence-corrected chi connectivity index (χ3v) is 4.73. The molecule has 0 atom stereocenters. The minimum absolute atomic E-state index is 0.272. The van der Waals surface area contributed by atoms with Gasteiger partial charge in [-0.25, -0.2) is 4.39 Å². The first-order chi connectivity index (χ1) is 12.5. The molecule has 0 aliphatic carbocycles. The molecule has 0 saturated carbocycles. The van der Waals surface area contributed by atoms with Crippen molar-refractivity contribution in [3.8, 4) is 11.5 Å². The summed E-state index contributed by atoms with van der Waals surface area (Å²) in [6, 6.07) is 13.7. The second kappa shape index (κ2) is 8.01. The van der Waals surface area contributed by atoms with Gasteiger partial charge in [-0.15, -0.1) is 11.3 Å². The van der Waals surface area contributed by atoms with Crippen molar-refractivity contribution in [1.82, 2.24) is 0 Å². The summed E-state index contributed by atoms with van der Waals surface area (Å²) in [5.41, 5.74) is 1.86. The number of rotatable bonds is 6. The lowest BCUT2D eigenvalue weighted by Gasteiger charge is -2.06. The van der Waals surface area contributed by atoms with Gasteiger partial charge in [0.2, 0.25) is 0 Å². The summed E-state index contributed by atoms with van der Waals surface area (Å²) in [5.74, 6) is 0.794. The van der Waals surface area contributed by atoms with Crippen LogP contribution in [0.5, 0.6) is 11.5 Å². The summed E-state index contributed by atoms with van der Waals surface area (Å²) in [5, 5.41) is 4.57. The van der Waals surface area contributed by atoms with Crippen molar-refractivity contribution in [3.63, 3.8) is 0 Å². The van der Waals surface area contributed by atoms with Gasteiger partial charge < -0.3 is 14.8 Å². The molecule has 0 aliphatic rings. The van der Waals surface area contributed by atoms with Crippen molar-refractivity contribution >= 4 is 22.9 Å². The molecule has 0 spiro atoms. The second-order valence-electron chi connectivity index (χ2n) is 5.70. The van der Waals surface area contributed by atoms with Crippen molar-refractivity contribution < 1.29 is 18.7 Å². The zero-order valence-corrected chi connectivity index (χ0v) is 15.2. The van der Waals surface area contributed by atoms with Gasteiger partial charge in [0.1, 0.15) is 23.9 Å². The standard InChI is InChI=1S/C20H18FNO3S/c1-13-6-7-15(9-18(13)21)22-20(23)19-8-14(12-26-19)11-25-17-5-3-4-16(10-17)24-2/h3-10,12H,11H2,1-2H3,(H,22,23). The number of carbonyl (C=O) groups is 1. The van der Waals surface area contributed by atoms with Crippen LogP contribution in [0.25, 0.3) is 0 Å². The quantitative estimate of drug-likeness (QED) is 0.661. The van der Waals surface area contributed by atoms with Gasteiger partial charge in [0.25, 0.3) is 5.91 Å². The number of aryl methyl sites for hydroxylation is 1. The van der Waals surface area contributed by atoms with Gasteiger partial charge in [0.05, 0.1) is 12.0 Å². The molecule has 6 heteroatoms. The van der Waals surface area contributed by atoms with Crippen LogP contribution in [0, 0.1) is 12.7 Å². The monoisotopic (exact) mass is 371 g/mol. The Morgan fingerprint density at radius 1 is 1.15 bits per heavy atom. The minimum atomic E-state index is -0.346. The van der Waals surface area contributed by atoms with E-state index in [1.807, 2.05) is 23.6 Å². The van der Waals surface area contributed by atoms with E-state index < -0.39 is 0 Å². The highest BCUT2D eigenvalue weighted by atomic mass is 32.1. The summed E-state index contributed by atoms with van der Waals surface area (Å²) >= 11 is 1.32. The predicted molar refractivity (Wildman–Crippen MR) is 101 cm³/mol. The zero-order chi connectivity index (χ0) is 18.5. The normalized spacial score (nSPS) is 10.4. The van der Waals surface area contributed by atoms with E-state index in [1.165, 1.54) is 17.4 Å². The molecule has 134 valence electrons. The number of anilines is 1. The molecule has 26 heavy (non-hydrogen) atoms. The highest BCUT2D eigenvalue weighted by Gasteiger charge is 2.11. The molecule has 4 nitrogen and oxygen atoms in total. The van der Waals surface area contributed by atoms with E-state index in [0.717, 1.165) is 11.3 Å². The molecule has 1 aromatic heterocycles. The number of amides is 1. The first-order valence-corrected chi connectivity index (χ1v) is 8.85. The molecule has 0 unspecified atom stereocenters. The van der Waals surface area contributed by atoms with E-state index in [1.54, 1.807) is 38.3 Å². The number of hydrogen-bond acceptors (Lipinski definition) is 4. The Hall–Kier alpha value is -2.86. The molecule has 2 aromatic carbocycles. The second-order valence-corrected chi connectivity index (χ2v) is 6.62. The number of methoxy groups -OCH3 is 1. The maximum atomic E-state index is 13.6. The van der Waals surface area contributed by atoms with Crippen molar-refractivity contribution in [2.45, 2.75) is 13.5 Å². The van der Waals surface area contributed by atoms with Gasteiger partial charge in [-0.3, -0.25) is 4.79 Å². The third kappa shape index (κ3) is 4.40. The number of nitrogens with one attached hydrogen (secondary N) is 1. The number of hydrogen-bond donors (Lipinski definition) is 1. The molecule has 0 fully saturated rings. The molecule has 3 aromatic rings. The smallest absolute Gasteiger partial charge is 0.265 e. The van der Waals surface area contributed by atoms with E-state index in [4.69, 9.17) is 9.47 Å². The van der Waals surface area contributed by atoms with Crippen LogP contribution in [-0.2, 0) is 6.61 Å². The minimum Gasteiger partial charge on any atom is -0.497 e. The third-order valence-electron chi connectivity index (χ3n) is 3.75. The Balaban J connectivity index is 1.61. The highest BCUT2D eigenvalue weighted by Crippen LogP contribution is 2.22. The van der Waals surface area contributed by atoms with E-state index in [9.17, 15) is 9.18 Å². The van der Waals surface area contributed by atoms with Crippen LogP contribution < -0.4 is 14.8 Å².